The normalized spacial score (nSPS) is 22.2. The van der Waals surface area contributed by atoms with Crippen molar-refractivity contribution in [1.29, 1.82) is 0 Å². The van der Waals surface area contributed by atoms with Gasteiger partial charge >= 0.3 is 0 Å². The molecule has 1 aromatic rings. The Morgan fingerprint density at radius 3 is 2.81 bits per heavy atom. The molecule has 1 fully saturated rings. The zero-order valence-electron chi connectivity index (χ0n) is 9.06. The predicted molar refractivity (Wildman–Crippen MR) is 71.8 cm³/mol. The molecule has 2 rings (SSSR count). The lowest BCUT2D eigenvalue weighted by atomic mass is 10.0. The molecule has 0 radical (unpaired) electrons. The summed E-state index contributed by atoms with van der Waals surface area (Å²) in [6, 6.07) is 8.61. The van der Waals surface area contributed by atoms with E-state index in [9.17, 15) is 0 Å². The van der Waals surface area contributed by atoms with Gasteiger partial charge in [0.25, 0.3) is 0 Å². The number of thioether (sulfide) groups is 1. The van der Waals surface area contributed by atoms with Gasteiger partial charge in [0.1, 0.15) is 0 Å². The van der Waals surface area contributed by atoms with E-state index in [1.807, 2.05) is 11.8 Å². The highest BCUT2D eigenvalue weighted by molar-refractivity contribution is 9.10. The highest BCUT2D eigenvalue weighted by Crippen LogP contribution is 2.24. The van der Waals surface area contributed by atoms with Crippen LogP contribution in [0.5, 0.6) is 0 Å². The second kappa shape index (κ2) is 6.05. The van der Waals surface area contributed by atoms with Gasteiger partial charge in [-0.25, -0.2) is 0 Å². The van der Waals surface area contributed by atoms with Crippen molar-refractivity contribution >= 4 is 27.7 Å². The van der Waals surface area contributed by atoms with Crippen LogP contribution in [0.1, 0.15) is 6.42 Å². The topological polar surface area (TPSA) is 35.2 Å². The number of rotatable bonds is 4. The Hall–Kier alpha value is -0.0300. The lowest BCUT2D eigenvalue weighted by molar-refractivity contribution is 0.182. The van der Waals surface area contributed by atoms with Crippen LogP contribution in [0.15, 0.2) is 33.6 Å². The van der Waals surface area contributed by atoms with E-state index in [-0.39, 0.29) is 6.04 Å². The minimum absolute atomic E-state index is 0.246. The summed E-state index contributed by atoms with van der Waals surface area (Å²) in [7, 11) is 0. The Kier molecular flexibility index (Phi) is 4.70. The quantitative estimate of drug-likeness (QED) is 0.869. The largest absolute Gasteiger partial charge is 0.381 e. The van der Waals surface area contributed by atoms with Gasteiger partial charge in [-0.05, 0) is 30.7 Å². The Morgan fingerprint density at radius 1 is 1.44 bits per heavy atom. The van der Waals surface area contributed by atoms with Crippen LogP contribution in [-0.4, -0.2) is 25.0 Å². The van der Waals surface area contributed by atoms with E-state index < -0.39 is 0 Å². The molecule has 0 aliphatic carbocycles. The maximum atomic E-state index is 6.15. The van der Waals surface area contributed by atoms with Crippen molar-refractivity contribution < 1.29 is 4.74 Å². The summed E-state index contributed by atoms with van der Waals surface area (Å²) in [5, 5.41) is 0. The molecule has 0 amide bonds. The van der Waals surface area contributed by atoms with E-state index in [4.69, 9.17) is 10.5 Å². The van der Waals surface area contributed by atoms with Crippen LogP contribution >= 0.6 is 27.7 Å². The fraction of sp³-hybridized carbons (Fsp3) is 0.500. The van der Waals surface area contributed by atoms with Crippen molar-refractivity contribution in [1.82, 2.24) is 0 Å². The highest BCUT2D eigenvalue weighted by Gasteiger charge is 2.22. The molecule has 0 spiro atoms. The van der Waals surface area contributed by atoms with Crippen LogP contribution in [0.2, 0.25) is 0 Å². The SMILES string of the molecule is NC(CSc1ccc(Br)cc1)C1CCOC1. The molecule has 2 N–H and O–H groups in total. The zero-order valence-corrected chi connectivity index (χ0v) is 11.5. The van der Waals surface area contributed by atoms with Crippen LogP contribution in [-0.2, 0) is 4.74 Å². The molecule has 0 saturated carbocycles. The third-order valence-electron chi connectivity index (χ3n) is 2.83. The van der Waals surface area contributed by atoms with Crippen LogP contribution in [0.25, 0.3) is 0 Å². The Balaban J connectivity index is 1.80. The van der Waals surface area contributed by atoms with Crippen molar-refractivity contribution in [3.63, 3.8) is 0 Å². The van der Waals surface area contributed by atoms with E-state index >= 15 is 0 Å². The number of hydrogen-bond acceptors (Lipinski definition) is 3. The summed E-state index contributed by atoms with van der Waals surface area (Å²) in [6.45, 7) is 1.71. The summed E-state index contributed by atoms with van der Waals surface area (Å²) in [5.41, 5.74) is 6.15. The molecule has 4 heteroatoms. The monoisotopic (exact) mass is 301 g/mol. The van der Waals surface area contributed by atoms with Crippen molar-refractivity contribution in [2.45, 2.75) is 17.4 Å². The van der Waals surface area contributed by atoms with Gasteiger partial charge in [-0.1, -0.05) is 15.9 Å². The number of halogens is 1. The third kappa shape index (κ3) is 3.48. The van der Waals surface area contributed by atoms with E-state index in [2.05, 4.69) is 40.2 Å². The van der Waals surface area contributed by atoms with Gasteiger partial charge in [-0.3, -0.25) is 0 Å². The highest BCUT2D eigenvalue weighted by atomic mass is 79.9. The number of benzene rings is 1. The molecule has 1 aromatic carbocycles. The second-order valence-corrected chi connectivity index (χ2v) is 6.06. The molecule has 2 unspecified atom stereocenters. The first kappa shape index (κ1) is 12.4. The Morgan fingerprint density at radius 2 is 2.19 bits per heavy atom. The smallest absolute Gasteiger partial charge is 0.0510 e. The van der Waals surface area contributed by atoms with Crippen molar-refractivity contribution in [2.24, 2.45) is 11.7 Å². The first-order valence-corrected chi connectivity index (χ1v) is 7.25. The first-order chi connectivity index (χ1) is 7.75. The number of nitrogens with two attached hydrogens (primary N) is 1. The van der Waals surface area contributed by atoms with Gasteiger partial charge in [0, 0.05) is 33.7 Å². The lowest BCUT2D eigenvalue weighted by Gasteiger charge is -2.16. The molecule has 2 atom stereocenters. The van der Waals surface area contributed by atoms with Crippen LogP contribution in [0, 0.1) is 5.92 Å². The van der Waals surface area contributed by atoms with Crippen LogP contribution < -0.4 is 5.73 Å². The maximum absolute atomic E-state index is 6.15. The van der Waals surface area contributed by atoms with E-state index in [0.717, 1.165) is 29.9 Å². The van der Waals surface area contributed by atoms with Gasteiger partial charge in [-0.15, -0.1) is 11.8 Å². The zero-order chi connectivity index (χ0) is 11.4. The summed E-state index contributed by atoms with van der Waals surface area (Å²) >= 11 is 5.25. The minimum Gasteiger partial charge on any atom is -0.381 e. The predicted octanol–water partition coefficient (Wildman–Crippen LogP) is 2.91. The maximum Gasteiger partial charge on any atom is 0.0510 e. The van der Waals surface area contributed by atoms with Gasteiger partial charge in [0.15, 0.2) is 0 Å². The molecule has 0 bridgehead atoms. The standard InChI is InChI=1S/C12H16BrNOS/c13-10-1-3-11(4-2-10)16-8-12(14)9-5-6-15-7-9/h1-4,9,12H,5-8,14H2. The molecule has 2 nitrogen and oxygen atoms in total. The summed E-state index contributed by atoms with van der Waals surface area (Å²) < 4.78 is 6.47. The van der Waals surface area contributed by atoms with E-state index in [1.165, 1.54) is 4.90 Å². The summed E-state index contributed by atoms with van der Waals surface area (Å²) in [5.74, 6) is 1.51. The Bertz CT molecular complexity index is 324. The molecule has 1 saturated heterocycles. The van der Waals surface area contributed by atoms with E-state index in [0.29, 0.717) is 5.92 Å². The molecule has 88 valence electrons. The lowest BCUT2D eigenvalue weighted by Crippen LogP contribution is -2.32. The van der Waals surface area contributed by atoms with Gasteiger partial charge < -0.3 is 10.5 Å². The van der Waals surface area contributed by atoms with Gasteiger partial charge in [0.05, 0.1) is 6.61 Å². The average Bonchev–Trinajstić information content (AvgIpc) is 2.81. The fourth-order valence-electron chi connectivity index (χ4n) is 1.75. The number of ether oxygens (including phenoxy) is 1. The van der Waals surface area contributed by atoms with Crippen molar-refractivity contribution in [3.8, 4) is 0 Å². The van der Waals surface area contributed by atoms with Gasteiger partial charge in [0.2, 0.25) is 0 Å². The van der Waals surface area contributed by atoms with Crippen LogP contribution in [0.3, 0.4) is 0 Å². The van der Waals surface area contributed by atoms with Crippen LogP contribution in [0.4, 0.5) is 0 Å². The van der Waals surface area contributed by atoms with Gasteiger partial charge in [-0.2, -0.15) is 0 Å². The third-order valence-corrected chi connectivity index (χ3v) is 4.51. The average molecular weight is 302 g/mol. The van der Waals surface area contributed by atoms with E-state index in [1.54, 1.807) is 0 Å². The fourth-order valence-corrected chi connectivity index (χ4v) is 3.00. The molecular weight excluding hydrogens is 286 g/mol. The molecule has 1 aliphatic heterocycles. The molecular formula is C12H16BrNOS. The molecule has 1 heterocycles. The molecule has 0 aromatic heterocycles. The molecule has 16 heavy (non-hydrogen) atoms. The first-order valence-electron chi connectivity index (χ1n) is 5.47. The second-order valence-electron chi connectivity index (χ2n) is 4.05. The summed E-state index contributed by atoms with van der Waals surface area (Å²) in [6.07, 6.45) is 1.11. The molecule has 1 aliphatic rings. The van der Waals surface area contributed by atoms with Crippen molar-refractivity contribution in [3.05, 3.63) is 28.7 Å². The van der Waals surface area contributed by atoms with Crippen molar-refractivity contribution in [2.75, 3.05) is 19.0 Å². The Labute approximate surface area is 109 Å². The number of hydrogen-bond donors (Lipinski definition) is 1. The minimum atomic E-state index is 0.246. The summed E-state index contributed by atoms with van der Waals surface area (Å²) in [4.78, 5) is 1.28.